The predicted octanol–water partition coefficient (Wildman–Crippen LogP) is 3.30. The third-order valence-electron chi connectivity index (χ3n) is 4.93. The van der Waals surface area contributed by atoms with Crippen molar-refractivity contribution in [2.45, 2.75) is 31.2 Å². The molecule has 2 aromatic carbocycles. The largest absolute Gasteiger partial charge is 0.327 e. The summed E-state index contributed by atoms with van der Waals surface area (Å²) in [7, 11) is 0. The van der Waals surface area contributed by atoms with Crippen molar-refractivity contribution in [3.05, 3.63) is 59.7 Å². The number of nitrogens with zero attached hydrogens (tertiary/aromatic N) is 1. The van der Waals surface area contributed by atoms with Crippen LogP contribution < -0.4 is 16.0 Å². The number of hydrogen-bond donors (Lipinski definition) is 2. The van der Waals surface area contributed by atoms with Gasteiger partial charge in [0.05, 0.1) is 0 Å². The molecular weight excluding hydrogens is 350 g/mol. The van der Waals surface area contributed by atoms with Gasteiger partial charge in [0, 0.05) is 41.9 Å². The first kappa shape index (κ1) is 18.4. The first-order valence-electron chi connectivity index (χ1n) is 8.69. The highest BCUT2D eigenvalue weighted by atomic mass is 35.5. The lowest BCUT2D eigenvalue weighted by molar-refractivity contribution is -0.117. The van der Waals surface area contributed by atoms with E-state index in [0.717, 1.165) is 30.6 Å². The maximum atomic E-state index is 12.5. The van der Waals surface area contributed by atoms with E-state index >= 15 is 0 Å². The van der Waals surface area contributed by atoms with Crippen molar-refractivity contribution in [2.75, 3.05) is 16.8 Å². The summed E-state index contributed by atoms with van der Waals surface area (Å²) in [5, 5.41) is 2.91. The van der Waals surface area contributed by atoms with Gasteiger partial charge in [-0.05, 0) is 54.8 Å². The fraction of sp³-hybridized carbons (Fsp3) is 0.300. The standard InChI is InChI=1S/C20H21N3O2.ClH/c21-18-12-17(18)13-3-1-4-14(11-13)20(25)22-15-6-8-16(9-7-15)23-10-2-5-19(23)24;/h1,3-4,6-9,11,17-18H,2,5,10,12,21H2,(H,22,25);1H/t17-,18+;/m0./s1. The van der Waals surface area contributed by atoms with E-state index in [2.05, 4.69) is 5.32 Å². The highest BCUT2D eigenvalue weighted by Gasteiger charge is 2.34. The van der Waals surface area contributed by atoms with Crippen LogP contribution in [0.1, 0.15) is 41.1 Å². The summed E-state index contributed by atoms with van der Waals surface area (Å²) in [6.07, 6.45) is 2.50. The van der Waals surface area contributed by atoms with Crippen molar-refractivity contribution in [1.29, 1.82) is 0 Å². The zero-order valence-electron chi connectivity index (χ0n) is 14.4. The second kappa shape index (κ2) is 7.48. The van der Waals surface area contributed by atoms with Gasteiger partial charge in [0.15, 0.2) is 0 Å². The van der Waals surface area contributed by atoms with Crippen LogP contribution in [0.5, 0.6) is 0 Å². The molecule has 4 rings (SSSR count). The summed E-state index contributed by atoms with van der Waals surface area (Å²) < 4.78 is 0. The number of amides is 2. The van der Waals surface area contributed by atoms with E-state index in [9.17, 15) is 9.59 Å². The first-order chi connectivity index (χ1) is 12.1. The molecule has 2 atom stereocenters. The van der Waals surface area contributed by atoms with Gasteiger partial charge >= 0.3 is 0 Å². The molecule has 2 fully saturated rings. The molecule has 1 saturated carbocycles. The third kappa shape index (κ3) is 3.74. The van der Waals surface area contributed by atoms with Crippen LogP contribution in [0.3, 0.4) is 0 Å². The van der Waals surface area contributed by atoms with Crippen molar-refractivity contribution in [3.63, 3.8) is 0 Å². The smallest absolute Gasteiger partial charge is 0.255 e. The molecule has 2 aromatic rings. The molecule has 136 valence electrons. The number of nitrogens with one attached hydrogen (secondary N) is 1. The highest BCUT2D eigenvalue weighted by molar-refractivity contribution is 6.04. The normalized spacial score (nSPS) is 21.3. The number of benzene rings is 2. The number of carbonyl (C=O) groups excluding carboxylic acids is 2. The molecule has 0 radical (unpaired) electrons. The van der Waals surface area contributed by atoms with Gasteiger partial charge in [-0.3, -0.25) is 9.59 Å². The lowest BCUT2D eigenvalue weighted by Crippen LogP contribution is -2.23. The van der Waals surface area contributed by atoms with Gasteiger partial charge in [0.25, 0.3) is 5.91 Å². The molecule has 0 bridgehead atoms. The van der Waals surface area contributed by atoms with E-state index in [-0.39, 0.29) is 30.3 Å². The summed E-state index contributed by atoms with van der Waals surface area (Å²) in [4.78, 5) is 26.0. The number of anilines is 2. The number of hydrogen-bond acceptors (Lipinski definition) is 3. The van der Waals surface area contributed by atoms with Gasteiger partial charge in [-0.25, -0.2) is 0 Å². The first-order valence-corrected chi connectivity index (χ1v) is 8.69. The van der Waals surface area contributed by atoms with E-state index < -0.39 is 0 Å². The Morgan fingerprint density at radius 1 is 1.15 bits per heavy atom. The maximum Gasteiger partial charge on any atom is 0.255 e. The molecule has 2 amide bonds. The molecule has 2 aliphatic rings. The molecule has 26 heavy (non-hydrogen) atoms. The average Bonchev–Trinajstić information content (AvgIpc) is 3.21. The van der Waals surface area contributed by atoms with E-state index in [4.69, 9.17) is 5.73 Å². The Kier molecular flexibility index (Phi) is 5.30. The Morgan fingerprint density at radius 2 is 1.88 bits per heavy atom. The Labute approximate surface area is 159 Å². The van der Waals surface area contributed by atoms with Crippen LogP contribution in [0.4, 0.5) is 11.4 Å². The number of rotatable bonds is 4. The van der Waals surface area contributed by atoms with Gasteiger partial charge in [0.1, 0.15) is 0 Å². The SMILES string of the molecule is Cl.N[C@@H]1C[C@H]1c1cccc(C(=O)Nc2ccc(N3CCCC3=O)cc2)c1. The summed E-state index contributed by atoms with van der Waals surface area (Å²) in [6, 6.07) is 15.3. The molecule has 1 aliphatic heterocycles. The molecule has 1 saturated heterocycles. The van der Waals surface area contributed by atoms with Crippen LogP contribution in [-0.2, 0) is 4.79 Å². The van der Waals surface area contributed by atoms with Crippen LogP contribution in [0.15, 0.2) is 48.5 Å². The zero-order chi connectivity index (χ0) is 17.4. The number of nitrogens with two attached hydrogens (primary N) is 1. The quantitative estimate of drug-likeness (QED) is 0.865. The minimum absolute atomic E-state index is 0. The summed E-state index contributed by atoms with van der Waals surface area (Å²) in [6.45, 7) is 0.765. The number of carbonyl (C=O) groups is 2. The Bertz CT molecular complexity index is 822. The molecule has 5 nitrogen and oxygen atoms in total. The highest BCUT2D eigenvalue weighted by Crippen LogP contribution is 2.39. The van der Waals surface area contributed by atoms with Crippen LogP contribution in [0, 0.1) is 0 Å². The Morgan fingerprint density at radius 3 is 2.50 bits per heavy atom. The predicted molar refractivity (Wildman–Crippen MR) is 105 cm³/mol. The molecule has 6 heteroatoms. The second-order valence-electron chi connectivity index (χ2n) is 6.78. The molecule has 1 heterocycles. The van der Waals surface area contributed by atoms with Crippen LogP contribution >= 0.6 is 12.4 Å². The summed E-state index contributed by atoms with van der Waals surface area (Å²) in [5.74, 6) is 0.401. The lowest BCUT2D eigenvalue weighted by Gasteiger charge is -2.16. The summed E-state index contributed by atoms with van der Waals surface area (Å²) >= 11 is 0. The number of halogens is 1. The van der Waals surface area contributed by atoms with Gasteiger partial charge in [-0.15, -0.1) is 12.4 Å². The van der Waals surface area contributed by atoms with Gasteiger partial charge in [-0.1, -0.05) is 12.1 Å². The monoisotopic (exact) mass is 371 g/mol. The minimum atomic E-state index is -0.138. The molecule has 0 unspecified atom stereocenters. The maximum absolute atomic E-state index is 12.5. The third-order valence-corrected chi connectivity index (χ3v) is 4.93. The van der Waals surface area contributed by atoms with Gasteiger partial charge in [-0.2, -0.15) is 0 Å². The Balaban J connectivity index is 0.00000196. The van der Waals surface area contributed by atoms with Crippen molar-refractivity contribution in [3.8, 4) is 0 Å². The van der Waals surface area contributed by atoms with Crippen LogP contribution in [0.2, 0.25) is 0 Å². The van der Waals surface area contributed by atoms with E-state index in [0.29, 0.717) is 23.6 Å². The van der Waals surface area contributed by atoms with Crippen molar-refractivity contribution in [1.82, 2.24) is 0 Å². The van der Waals surface area contributed by atoms with Crippen LogP contribution in [-0.4, -0.2) is 24.4 Å². The van der Waals surface area contributed by atoms with Gasteiger partial charge in [0.2, 0.25) is 5.91 Å². The minimum Gasteiger partial charge on any atom is -0.327 e. The van der Waals surface area contributed by atoms with Crippen molar-refractivity contribution >= 4 is 35.6 Å². The van der Waals surface area contributed by atoms with E-state index in [1.807, 2.05) is 48.5 Å². The lowest BCUT2D eigenvalue weighted by atomic mass is 10.1. The van der Waals surface area contributed by atoms with E-state index in [1.54, 1.807) is 4.90 Å². The molecule has 0 spiro atoms. The molecular formula is C20H22ClN3O2. The van der Waals surface area contributed by atoms with Gasteiger partial charge < -0.3 is 16.0 Å². The van der Waals surface area contributed by atoms with Crippen molar-refractivity contribution in [2.24, 2.45) is 5.73 Å². The average molecular weight is 372 g/mol. The molecule has 3 N–H and O–H groups in total. The van der Waals surface area contributed by atoms with Crippen molar-refractivity contribution < 1.29 is 9.59 Å². The molecule has 1 aliphatic carbocycles. The fourth-order valence-electron chi connectivity index (χ4n) is 3.36. The summed E-state index contributed by atoms with van der Waals surface area (Å²) in [5.41, 5.74) is 9.25. The zero-order valence-corrected chi connectivity index (χ0v) is 15.2. The second-order valence-corrected chi connectivity index (χ2v) is 6.78. The topological polar surface area (TPSA) is 75.4 Å². The van der Waals surface area contributed by atoms with Crippen LogP contribution in [0.25, 0.3) is 0 Å². The Hall–Kier alpha value is -2.37. The van der Waals surface area contributed by atoms with E-state index in [1.165, 1.54) is 0 Å². The fourth-order valence-corrected chi connectivity index (χ4v) is 3.36. The molecule has 0 aromatic heterocycles.